The number of nitrogens with one attached hydrogen (secondary N) is 1. The molecule has 0 aliphatic heterocycles. The third kappa shape index (κ3) is 1.24. The largest absolute Gasteiger partial charge is 0.364 e. The highest BCUT2D eigenvalue weighted by atomic mass is 79.9. The van der Waals surface area contributed by atoms with Gasteiger partial charge >= 0.3 is 5.69 Å². The number of aromatic amines is 1. The normalized spacial score (nSPS) is 10.8. The van der Waals surface area contributed by atoms with Gasteiger partial charge in [0.25, 0.3) is 0 Å². The van der Waals surface area contributed by atoms with Gasteiger partial charge in [-0.3, -0.25) is 0 Å². The minimum Gasteiger partial charge on any atom is -0.244 e. The predicted molar refractivity (Wildman–Crippen MR) is 57.8 cm³/mol. The molecule has 0 bridgehead atoms. The fraction of sp³-hybridized carbons (Fsp3) is 0.222. The van der Waals surface area contributed by atoms with Crippen molar-refractivity contribution >= 4 is 15.9 Å². The van der Waals surface area contributed by atoms with Crippen LogP contribution in [0.15, 0.2) is 27.5 Å². The Balaban J connectivity index is 2.60. The molecule has 2 aromatic rings. The molecule has 0 aliphatic carbocycles. The molecule has 5 heteroatoms. The summed E-state index contributed by atoms with van der Waals surface area (Å²) in [6.07, 6.45) is 0. The van der Waals surface area contributed by atoms with Crippen LogP contribution in [0.2, 0.25) is 0 Å². The second kappa shape index (κ2) is 3.16. The molecule has 0 saturated heterocycles. The number of hydrogen-bond acceptors (Lipinski definition) is 1. The maximum Gasteiger partial charge on any atom is 0.364 e. The third-order valence-electron chi connectivity index (χ3n) is 2.21. The summed E-state index contributed by atoms with van der Waals surface area (Å²) in [7, 11) is 1.69. The Bertz CT molecular complexity index is 520. The van der Waals surface area contributed by atoms with Gasteiger partial charge in [0.1, 0.15) is 0 Å². The Morgan fingerprint density at radius 1 is 1.43 bits per heavy atom. The first-order valence-corrected chi connectivity index (χ1v) is 5.00. The highest BCUT2D eigenvalue weighted by molar-refractivity contribution is 9.10. The van der Waals surface area contributed by atoms with E-state index in [4.69, 9.17) is 0 Å². The van der Waals surface area contributed by atoms with Crippen molar-refractivity contribution in [2.24, 2.45) is 7.05 Å². The van der Waals surface area contributed by atoms with Crippen molar-refractivity contribution in [3.8, 4) is 5.69 Å². The molecule has 0 radical (unpaired) electrons. The van der Waals surface area contributed by atoms with Gasteiger partial charge in [-0.05, 0) is 24.6 Å². The van der Waals surface area contributed by atoms with Crippen molar-refractivity contribution in [2.45, 2.75) is 6.92 Å². The van der Waals surface area contributed by atoms with Crippen LogP contribution in [0, 0.1) is 6.92 Å². The lowest BCUT2D eigenvalue weighted by molar-refractivity contribution is 0.465. The first-order valence-electron chi connectivity index (χ1n) is 4.20. The van der Waals surface area contributed by atoms with Crippen LogP contribution in [0.3, 0.4) is 0 Å². The van der Waals surface area contributed by atoms with Gasteiger partial charge in [-0.1, -0.05) is 22.0 Å². The van der Waals surface area contributed by atoms with E-state index in [-0.39, 0.29) is 5.69 Å². The molecule has 74 valence electrons. The van der Waals surface area contributed by atoms with E-state index in [1.54, 1.807) is 7.05 Å². The molecule has 0 atom stereocenters. The molecule has 1 heterocycles. The number of aromatic nitrogens is 3. The van der Waals surface area contributed by atoms with Crippen LogP contribution in [-0.2, 0) is 7.05 Å². The standard InChI is InChI=1S/C9H10BrN3O/c1-6-7(10)4-3-5-8(6)13-9(14)12(2)11-13/h3-5,11H,1-2H3. The van der Waals surface area contributed by atoms with E-state index in [0.29, 0.717) is 0 Å². The molecule has 4 nitrogen and oxygen atoms in total. The number of halogens is 1. The SMILES string of the molecule is Cc1c(Br)cccc1-n1[nH]n(C)c1=O. The van der Waals surface area contributed by atoms with Crippen LogP contribution in [0.1, 0.15) is 5.56 Å². The van der Waals surface area contributed by atoms with Crippen molar-refractivity contribution in [3.63, 3.8) is 0 Å². The molecule has 1 N–H and O–H groups in total. The highest BCUT2D eigenvalue weighted by Crippen LogP contribution is 2.20. The van der Waals surface area contributed by atoms with E-state index in [2.05, 4.69) is 21.1 Å². The van der Waals surface area contributed by atoms with E-state index >= 15 is 0 Å². The number of rotatable bonds is 1. The average Bonchev–Trinajstić information content (AvgIpc) is 2.19. The maximum atomic E-state index is 11.4. The number of nitrogens with zero attached hydrogens (tertiary/aromatic N) is 2. The molecule has 0 saturated carbocycles. The Labute approximate surface area is 89.2 Å². The van der Waals surface area contributed by atoms with E-state index in [0.717, 1.165) is 15.7 Å². The van der Waals surface area contributed by atoms with Crippen LogP contribution in [-0.4, -0.2) is 14.6 Å². The lowest BCUT2D eigenvalue weighted by Gasteiger charge is -2.15. The summed E-state index contributed by atoms with van der Waals surface area (Å²) < 4.78 is 3.94. The van der Waals surface area contributed by atoms with Crippen molar-refractivity contribution in [3.05, 3.63) is 38.7 Å². The summed E-state index contributed by atoms with van der Waals surface area (Å²) in [6, 6.07) is 5.75. The zero-order chi connectivity index (χ0) is 10.3. The van der Waals surface area contributed by atoms with E-state index in [1.165, 1.54) is 9.36 Å². The Morgan fingerprint density at radius 3 is 2.71 bits per heavy atom. The molecule has 0 fully saturated rings. The minimum absolute atomic E-state index is 0.0498. The molecule has 1 aromatic heterocycles. The zero-order valence-corrected chi connectivity index (χ0v) is 9.50. The summed E-state index contributed by atoms with van der Waals surface area (Å²) in [6.45, 7) is 1.96. The fourth-order valence-corrected chi connectivity index (χ4v) is 1.69. The topological polar surface area (TPSA) is 42.7 Å². The Morgan fingerprint density at radius 2 is 2.14 bits per heavy atom. The van der Waals surface area contributed by atoms with Gasteiger partial charge in [0.05, 0.1) is 5.69 Å². The van der Waals surface area contributed by atoms with Crippen LogP contribution < -0.4 is 5.69 Å². The van der Waals surface area contributed by atoms with Gasteiger partial charge < -0.3 is 0 Å². The van der Waals surface area contributed by atoms with Crippen LogP contribution in [0.5, 0.6) is 0 Å². The molecule has 0 aliphatic rings. The average molecular weight is 256 g/mol. The summed E-state index contributed by atoms with van der Waals surface area (Å²) in [5.74, 6) is 0. The predicted octanol–water partition coefficient (Wildman–Crippen LogP) is 1.58. The summed E-state index contributed by atoms with van der Waals surface area (Å²) in [5.41, 5.74) is 1.87. The van der Waals surface area contributed by atoms with E-state index in [9.17, 15) is 4.79 Å². The minimum atomic E-state index is -0.0498. The van der Waals surface area contributed by atoms with Crippen LogP contribution in [0.25, 0.3) is 5.69 Å². The molecule has 1 aromatic carbocycles. The highest BCUT2D eigenvalue weighted by Gasteiger charge is 2.09. The number of aryl methyl sites for hydroxylation is 1. The second-order valence-electron chi connectivity index (χ2n) is 3.16. The van der Waals surface area contributed by atoms with Crippen LogP contribution >= 0.6 is 15.9 Å². The quantitative estimate of drug-likeness (QED) is 0.826. The smallest absolute Gasteiger partial charge is 0.244 e. The van der Waals surface area contributed by atoms with Crippen molar-refractivity contribution in [1.82, 2.24) is 14.6 Å². The molecule has 0 spiro atoms. The first-order chi connectivity index (χ1) is 6.61. The molecule has 14 heavy (non-hydrogen) atoms. The van der Waals surface area contributed by atoms with Crippen molar-refractivity contribution < 1.29 is 0 Å². The number of H-pyrrole nitrogens is 1. The van der Waals surface area contributed by atoms with Gasteiger partial charge in [0, 0.05) is 11.5 Å². The number of hydrogen-bond donors (Lipinski definition) is 1. The number of benzene rings is 1. The lowest BCUT2D eigenvalue weighted by Crippen LogP contribution is -2.40. The van der Waals surface area contributed by atoms with Gasteiger partial charge in [-0.15, -0.1) is 0 Å². The van der Waals surface area contributed by atoms with Gasteiger partial charge in [-0.25, -0.2) is 14.7 Å². The Kier molecular flexibility index (Phi) is 2.11. The van der Waals surface area contributed by atoms with Gasteiger partial charge in [-0.2, -0.15) is 4.68 Å². The second-order valence-corrected chi connectivity index (χ2v) is 4.02. The first kappa shape index (κ1) is 9.33. The third-order valence-corrected chi connectivity index (χ3v) is 3.07. The molecular formula is C9H10BrN3O. The summed E-state index contributed by atoms with van der Waals surface area (Å²) in [4.78, 5) is 11.4. The summed E-state index contributed by atoms with van der Waals surface area (Å²) in [5, 5.41) is 2.87. The van der Waals surface area contributed by atoms with Crippen molar-refractivity contribution in [2.75, 3.05) is 0 Å². The van der Waals surface area contributed by atoms with E-state index < -0.39 is 0 Å². The molecule has 0 unspecified atom stereocenters. The fourth-order valence-electron chi connectivity index (χ4n) is 1.34. The zero-order valence-electron chi connectivity index (χ0n) is 7.91. The van der Waals surface area contributed by atoms with E-state index in [1.807, 2.05) is 25.1 Å². The monoisotopic (exact) mass is 255 g/mol. The van der Waals surface area contributed by atoms with Gasteiger partial charge in [0.15, 0.2) is 0 Å². The van der Waals surface area contributed by atoms with Gasteiger partial charge in [0.2, 0.25) is 0 Å². The maximum absolute atomic E-state index is 11.4. The molecular weight excluding hydrogens is 246 g/mol. The molecule has 0 amide bonds. The molecule has 2 rings (SSSR count). The Hall–Kier alpha value is -1.23. The summed E-state index contributed by atoms with van der Waals surface area (Å²) >= 11 is 3.42. The van der Waals surface area contributed by atoms with Crippen molar-refractivity contribution in [1.29, 1.82) is 0 Å². The van der Waals surface area contributed by atoms with Crippen LogP contribution in [0.4, 0.5) is 0 Å². The lowest BCUT2D eigenvalue weighted by atomic mass is 10.2.